The summed E-state index contributed by atoms with van der Waals surface area (Å²) in [5, 5.41) is 6.69. The summed E-state index contributed by atoms with van der Waals surface area (Å²) in [4.78, 5) is 16.8. The van der Waals surface area contributed by atoms with Gasteiger partial charge in [-0.2, -0.15) is 0 Å². The zero-order valence-corrected chi connectivity index (χ0v) is 16.1. The first-order valence-electron chi connectivity index (χ1n) is 9.03. The highest BCUT2D eigenvalue weighted by Crippen LogP contribution is 2.24. The van der Waals surface area contributed by atoms with Crippen molar-refractivity contribution in [3.63, 3.8) is 0 Å². The topological polar surface area (TPSA) is 80.3 Å². The van der Waals surface area contributed by atoms with E-state index in [0.717, 1.165) is 5.56 Å². The van der Waals surface area contributed by atoms with Crippen molar-refractivity contribution >= 4 is 23.2 Å². The number of benzene rings is 2. The average Bonchev–Trinajstić information content (AvgIpc) is 3.43. The Kier molecular flexibility index (Phi) is 5.63. The summed E-state index contributed by atoms with van der Waals surface area (Å²) in [5.74, 6) is 1.63. The van der Waals surface area contributed by atoms with E-state index in [9.17, 15) is 4.79 Å². The van der Waals surface area contributed by atoms with E-state index in [2.05, 4.69) is 15.6 Å². The van der Waals surface area contributed by atoms with E-state index in [1.807, 2.05) is 42.5 Å². The molecule has 6 nitrogen and oxygen atoms in total. The fourth-order valence-electron chi connectivity index (χ4n) is 2.85. The van der Waals surface area contributed by atoms with Gasteiger partial charge >= 0.3 is 0 Å². The van der Waals surface area contributed by atoms with Crippen LogP contribution in [0.4, 0.5) is 5.69 Å². The molecule has 0 radical (unpaired) electrons. The molecule has 146 valence electrons. The molecule has 29 heavy (non-hydrogen) atoms. The Morgan fingerprint density at radius 1 is 1.03 bits per heavy atom. The third-order valence-corrected chi connectivity index (χ3v) is 4.50. The molecule has 0 saturated carbocycles. The van der Waals surface area contributed by atoms with Gasteiger partial charge in [0, 0.05) is 16.3 Å². The quantitative estimate of drug-likeness (QED) is 0.444. The number of carbonyl (C=O) groups excluding carboxylic acids is 1. The van der Waals surface area contributed by atoms with Crippen molar-refractivity contribution in [2.45, 2.75) is 13.1 Å². The van der Waals surface area contributed by atoms with Crippen molar-refractivity contribution in [3.05, 3.63) is 95.4 Å². The summed E-state index contributed by atoms with van der Waals surface area (Å²) < 4.78 is 11.0. The van der Waals surface area contributed by atoms with Gasteiger partial charge in [-0.1, -0.05) is 35.9 Å². The maximum absolute atomic E-state index is 12.5. The molecule has 4 aromatic rings. The number of amides is 1. The Balaban J connectivity index is 1.42. The number of para-hydroxylation sites is 1. The van der Waals surface area contributed by atoms with Crippen LogP contribution >= 0.6 is 11.6 Å². The zero-order chi connectivity index (χ0) is 20.1. The Labute approximate surface area is 172 Å². The van der Waals surface area contributed by atoms with Gasteiger partial charge in [-0.3, -0.25) is 4.79 Å². The number of hydrogen-bond acceptors (Lipinski definition) is 5. The first-order chi connectivity index (χ1) is 14.2. The second-order valence-electron chi connectivity index (χ2n) is 6.29. The van der Waals surface area contributed by atoms with Crippen LogP contribution in [0.1, 0.15) is 22.0 Å². The first-order valence-corrected chi connectivity index (χ1v) is 9.41. The van der Waals surface area contributed by atoms with E-state index in [0.29, 0.717) is 46.8 Å². The predicted molar refractivity (Wildman–Crippen MR) is 111 cm³/mol. The van der Waals surface area contributed by atoms with Gasteiger partial charge < -0.3 is 19.5 Å². The molecular formula is C22H18ClN3O3. The number of carbonyl (C=O) groups is 1. The fourth-order valence-corrected chi connectivity index (χ4v) is 3.04. The number of anilines is 1. The lowest BCUT2D eigenvalue weighted by atomic mass is 10.1. The third kappa shape index (κ3) is 4.67. The molecule has 7 heteroatoms. The van der Waals surface area contributed by atoms with Crippen LogP contribution in [0.15, 0.2) is 82.0 Å². The molecule has 0 spiro atoms. The number of halogens is 1. The van der Waals surface area contributed by atoms with Crippen LogP contribution in [0, 0.1) is 0 Å². The van der Waals surface area contributed by atoms with Crippen LogP contribution in [0.25, 0.3) is 11.3 Å². The van der Waals surface area contributed by atoms with Gasteiger partial charge in [0.2, 0.25) is 5.89 Å². The largest absolute Gasteiger partial charge is 0.467 e. The number of hydrogen-bond donors (Lipinski definition) is 2. The molecule has 2 aromatic carbocycles. The first kappa shape index (κ1) is 18.8. The standard InChI is InChI=1S/C22H18ClN3O3/c23-16-6-3-5-15(11-16)20-13-25-21(29-20)14-24-19-9-2-1-8-18(19)22(27)26-12-17-7-4-10-28-17/h1-11,13,24H,12,14H2,(H,26,27). The SMILES string of the molecule is O=C(NCc1ccco1)c1ccccc1NCc1ncc(-c2cccc(Cl)c2)o1. The Morgan fingerprint density at radius 3 is 2.76 bits per heavy atom. The van der Waals surface area contributed by atoms with E-state index in [1.54, 1.807) is 30.7 Å². The molecule has 0 saturated heterocycles. The molecule has 0 aliphatic heterocycles. The van der Waals surface area contributed by atoms with E-state index in [4.69, 9.17) is 20.4 Å². The maximum Gasteiger partial charge on any atom is 0.253 e. The molecule has 0 aliphatic rings. The van der Waals surface area contributed by atoms with Crippen molar-refractivity contribution in [1.29, 1.82) is 0 Å². The normalized spacial score (nSPS) is 10.7. The van der Waals surface area contributed by atoms with Gasteiger partial charge in [-0.15, -0.1) is 0 Å². The minimum absolute atomic E-state index is 0.198. The third-order valence-electron chi connectivity index (χ3n) is 4.27. The predicted octanol–water partition coefficient (Wildman–Crippen LogP) is 5.13. The van der Waals surface area contributed by atoms with Crippen molar-refractivity contribution in [1.82, 2.24) is 10.3 Å². The lowest BCUT2D eigenvalue weighted by molar-refractivity contribution is 0.0949. The summed E-state index contributed by atoms with van der Waals surface area (Å²) in [6.45, 7) is 0.659. The number of nitrogens with zero attached hydrogens (tertiary/aromatic N) is 1. The van der Waals surface area contributed by atoms with Gasteiger partial charge in [0.25, 0.3) is 5.91 Å². The molecule has 4 rings (SSSR count). The van der Waals surface area contributed by atoms with Crippen LogP contribution in [-0.4, -0.2) is 10.9 Å². The number of furan rings is 1. The molecule has 2 aromatic heterocycles. The molecule has 0 atom stereocenters. The second kappa shape index (κ2) is 8.67. The fraction of sp³-hybridized carbons (Fsp3) is 0.0909. The van der Waals surface area contributed by atoms with Crippen molar-refractivity contribution in [3.8, 4) is 11.3 Å². The average molecular weight is 408 g/mol. The van der Waals surface area contributed by atoms with Crippen LogP contribution in [-0.2, 0) is 13.1 Å². The minimum atomic E-state index is -0.198. The number of rotatable bonds is 7. The Morgan fingerprint density at radius 2 is 1.93 bits per heavy atom. The van der Waals surface area contributed by atoms with Crippen LogP contribution in [0.3, 0.4) is 0 Å². The minimum Gasteiger partial charge on any atom is -0.467 e. The molecule has 0 unspecified atom stereocenters. The van der Waals surface area contributed by atoms with Crippen LogP contribution in [0.2, 0.25) is 5.02 Å². The van der Waals surface area contributed by atoms with Crippen molar-refractivity contribution in [2.75, 3.05) is 5.32 Å². The number of nitrogens with one attached hydrogen (secondary N) is 2. The molecule has 0 bridgehead atoms. The Hall–Kier alpha value is -3.51. The molecular weight excluding hydrogens is 390 g/mol. The smallest absolute Gasteiger partial charge is 0.253 e. The van der Waals surface area contributed by atoms with Crippen molar-refractivity contribution in [2.24, 2.45) is 0 Å². The van der Waals surface area contributed by atoms with Gasteiger partial charge in [0.1, 0.15) is 5.76 Å². The van der Waals surface area contributed by atoms with E-state index >= 15 is 0 Å². The van der Waals surface area contributed by atoms with E-state index < -0.39 is 0 Å². The monoisotopic (exact) mass is 407 g/mol. The summed E-state index contributed by atoms with van der Waals surface area (Å²) in [6, 6.07) is 18.2. The summed E-state index contributed by atoms with van der Waals surface area (Å²) in [7, 11) is 0. The van der Waals surface area contributed by atoms with Gasteiger partial charge in [-0.05, 0) is 36.4 Å². The molecule has 2 heterocycles. The summed E-state index contributed by atoms with van der Waals surface area (Å²) >= 11 is 6.03. The van der Waals surface area contributed by atoms with Gasteiger partial charge in [0.05, 0.1) is 31.1 Å². The van der Waals surface area contributed by atoms with E-state index in [-0.39, 0.29) is 5.91 Å². The molecule has 0 fully saturated rings. The molecule has 0 aliphatic carbocycles. The maximum atomic E-state index is 12.5. The van der Waals surface area contributed by atoms with Crippen molar-refractivity contribution < 1.29 is 13.6 Å². The van der Waals surface area contributed by atoms with Gasteiger partial charge in [-0.25, -0.2) is 4.98 Å². The van der Waals surface area contributed by atoms with Gasteiger partial charge in [0.15, 0.2) is 5.76 Å². The van der Waals surface area contributed by atoms with Crippen LogP contribution in [0.5, 0.6) is 0 Å². The lowest BCUT2D eigenvalue weighted by Crippen LogP contribution is -2.23. The summed E-state index contributed by atoms with van der Waals surface area (Å²) in [5.41, 5.74) is 2.07. The Bertz CT molecular complexity index is 1110. The number of oxazole rings is 1. The summed E-state index contributed by atoms with van der Waals surface area (Å²) in [6.07, 6.45) is 3.23. The van der Waals surface area contributed by atoms with E-state index in [1.165, 1.54) is 0 Å². The number of aromatic nitrogens is 1. The second-order valence-corrected chi connectivity index (χ2v) is 6.73. The zero-order valence-electron chi connectivity index (χ0n) is 15.4. The lowest BCUT2D eigenvalue weighted by Gasteiger charge is -2.10. The molecule has 1 amide bonds. The highest BCUT2D eigenvalue weighted by Gasteiger charge is 2.12. The van der Waals surface area contributed by atoms with Crippen LogP contribution < -0.4 is 10.6 Å². The highest BCUT2D eigenvalue weighted by molar-refractivity contribution is 6.30. The molecule has 2 N–H and O–H groups in total. The highest BCUT2D eigenvalue weighted by atomic mass is 35.5.